The molecule has 0 bridgehead atoms. The van der Waals surface area contributed by atoms with E-state index in [-0.39, 0.29) is 21.8 Å². The number of hydrazone groups is 1. The number of rotatable bonds is 2. The molecule has 1 aliphatic heterocycles. The summed E-state index contributed by atoms with van der Waals surface area (Å²) in [5, 5.41) is 14.0. The molecule has 136 valence electrons. The van der Waals surface area contributed by atoms with Crippen molar-refractivity contribution in [2.24, 2.45) is 5.10 Å². The van der Waals surface area contributed by atoms with Gasteiger partial charge in [0.15, 0.2) is 0 Å². The number of carbonyl (C=O) groups is 1. The maximum absolute atomic E-state index is 13.5. The molecule has 2 aromatic rings. The highest BCUT2D eigenvalue weighted by atomic mass is 79.9. The van der Waals surface area contributed by atoms with Crippen LogP contribution in [0.1, 0.15) is 22.3 Å². The fraction of sp³-hybridized carbons (Fsp3) is 0.176. The van der Waals surface area contributed by atoms with E-state index in [0.717, 1.165) is 12.1 Å². The van der Waals surface area contributed by atoms with Gasteiger partial charge in [0, 0.05) is 10.0 Å². The van der Waals surface area contributed by atoms with Crippen LogP contribution >= 0.6 is 15.9 Å². The second kappa shape index (κ2) is 6.48. The first-order valence-electron chi connectivity index (χ1n) is 7.34. The van der Waals surface area contributed by atoms with E-state index in [2.05, 4.69) is 21.0 Å². The highest BCUT2D eigenvalue weighted by Crippen LogP contribution is 2.42. The number of amides is 1. The summed E-state index contributed by atoms with van der Waals surface area (Å²) >= 11 is 3.14. The summed E-state index contributed by atoms with van der Waals surface area (Å²) in [4.78, 5) is 12.6. The summed E-state index contributed by atoms with van der Waals surface area (Å²) in [6.45, 7) is 0. The van der Waals surface area contributed by atoms with Crippen LogP contribution in [-0.2, 0) is 0 Å². The van der Waals surface area contributed by atoms with Crippen LogP contribution in [0.25, 0.3) is 0 Å². The average Bonchev–Trinajstić information content (AvgIpc) is 2.94. The molecule has 0 unspecified atom stereocenters. The van der Waals surface area contributed by atoms with E-state index in [1.165, 1.54) is 30.3 Å². The minimum absolute atomic E-state index is 0.0352. The average molecular weight is 431 g/mol. The fourth-order valence-corrected chi connectivity index (χ4v) is 2.93. The lowest BCUT2D eigenvalue weighted by molar-refractivity contribution is -0.297. The molecule has 4 nitrogen and oxygen atoms in total. The smallest absolute Gasteiger partial charge is 0.362 e. The van der Waals surface area contributed by atoms with Gasteiger partial charge in [0.1, 0.15) is 5.82 Å². The van der Waals surface area contributed by atoms with Crippen molar-refractivity contribution in [3.05, 3.63) is 69.9 Å². The summed E-state index contributed by atoms with van der Waals surface area (Å²) < 4.78 is 54.1. The van der Waals surface area contributed by atoms with Crippen molar-refractivity contribution in [2.45, 2.75) is 18.3 Å². The Hall–Kier alpha value is -2.26. The zero-order chi connectivity index (χ0) is 19.1. The number of halogens is 5. The van der Waals surface area contributed by atoms with Crippen molar-refractivity contribution < 1.29 is 27.5 Å². The summed E-state index contributed by atoms with van der Waals surface area (Å²) in [5.41, 5.74) is -3.56. The zero-order valence-electron chi connectivity index (χ0n) is 13.0. The van der Waals surface area contributed by atoms with Gasteiger partial charge in [0.25, 0.3) is 11.6 Å². The Bertz CT molecular complexity index is 883. The third-order valence-corrected chi connectivity index (χ3v) is 4.37. The van der Waals surface area contributed by atoms with Gasteiger partial charge in [-0.2, -0.15) is 23.3 Å². The first-order chi connectivity index (χ1) is 12.1. The monoisotopic (exact) mass is 430 g/mol. The Morgan fingerprint density at radius 1 is 1.19 bits per heavy atom. The first-order valence-corrected chi connectivity index (χ1v) is 8.14. The molecule has 0 aromatic heterocycles. The zero-order valence-corrected chi connectivity index (χ0v) is 14.6. The van der Waals surface area contributed by atoms with Gasteiger partial charge in [-0.3, -0.25) is 4.79 Å². The number of hydrogen-bond donors (Lipinski definition) is 1. The summed E-state index contributed by atoms with van der Waals surface area (Å²) in [6.07, 6.45) is -6.10. The van der Waals surface area contributed by atoms with Gasteiger partial charge in [-0.15, -0.1) is 0 Å². The lowest BCUT2D eigenvalue weighted by Crippen LogP contribution is -2.56. The van der Waals surface area contributed by atoms with E-state index in [9.17, 15) is 27.5 Å². The van der Waals surface area contributed by atoms with Gasteiger partial charge in [0.2, 0.25) is 0 Å². The molecule has 26 heavy (non-hydrogen) atoms. The van der Waals surface area contributed by atoms with Crippen molar-refractivity contribution in [3.8, 4) is 0 Å². The Balaban J connectivity index is 2.05. The van der Waals surface area contributed by atoms with Crippen molar-refractivity contribution >= 4 is 27.5 Å². The minimum Gasteiger partial charge on any atom is -0.362 e. The molecular weight excluding hydrogens is 420 g/mol. The Labute approximate surface area is 153 Å². The topological polar surface area (TPSA) is 52.9 Å². The maximum atomic E-state index is 13.5. The van der Waals surface area contributed by atoms with E-state index in [0.29, 0.717) is 4.47 Å². The van der Waals surface area contributed by atoms with E-state index in [4.69, 9.17) is 0 Å². The van der Waals surface area contributed by atoms with Crippen LogP contribution in [0.4, 0.5) is 17.6 Å². The quantitative estimate of drug-likeness (QED) is 0.729. The van der Waals surface area contributed by atoms with Crippen LogP contribution in [-0.4, -0.2) is 33.6 Å². The van der Waals surface area contributed by atoms with E-state index in [1.54, 1.807) is 6.07 Å². The SMILES string of the molecule is O=C(c1cccc(Br)c1)N1N=C(c2ccc(F)cc2)C[C@@]1(O)C(F)(F)F. The summed E-state index contributed by atoms with van der Waals surface area (Å²) in [5.74, 6) is -1.68. The molecule has 0 saturated carbocycles. The molecule has 0 aliphatic carbocycles. The van der Waals surface area contributed by atoms with Gasteiger partial charge in [-0.1, -0.05) is 34.1 Å². The van der Waals surface area contributed by atoms with Gasteiger partial charge in [-0.05, 0) is 35.9 Å². The molecule has 0 spiro atoms. The van der Waals surface area contributed by atoms with Crippen LogP contribution in [0.2, 0.25) is 0 Å². The second-order valence-corrected chi connectivity index (χ2v) is 6.59. The van der Waals surface area contributed by atoms with E-state index >= 15 is 0 Å². The third kappa shape index (κ3) is 3.24. The molecule has 9 heteroatoms. The molecule has 1 N–H and O–H groups in total. The molecule has 0 saturated heterocycles. The normalized spacial score (nSPS) is 20.2. The van der Waals surface area contributed by atoms with Crippen molar-refractivity contribution in [1.82, 2.24) is 5.01 Å². The highest BCUT2D eigenvalue weighted by Gasteiger charge is 2.63. The molecule has 1 aliphatic rings. The number of alkyl halides is 3. The van der Waals surface area contributed by atoms with Crippen molar-refractivity contribution in [3.63, 3.8) is 0 Å². The molecule has 0 radical (unpaired) electrons. The molecular formula is C17H11BrF4N2O2. The van der Waals surface area contributed by atoms with Crippen LogP contribution in [0, 0.1) is 5.82 Å². The molecule has 2 aromatic carbocycles. The summed E-state index contributed by atoms with van der Waals surface area (Å²) in [6, 6.07) is 10.3. The highest BCUT2D eigenvalue weighted by molar-refractivity contribution is 9.10. The Kier molecular flexibility index (Phi) is 4.61. The predicted molar refractivity (Wildman–Crippen MR) is 88.9 cm³/mol. The van der Waals surface area contributed by atoms with Crippen LogP contribution in [0.5, 0.6) is 0 Å². The molecule has 0 fully saturated rings. The number of aliphatic hydroxyl groups is 1. The number of hydrogen-bond acceptors (Lipinski definition) is 3. The third-order valence-electron chi connectivity index (χ3n) is 3.88. The first kappa shape index (κ1) is 18.5. The van der Waals surface area contributed by atoms with Crippen molar-refractivity contribution in [1.29, 1.82) is 0 Å². The van der Waals surface area contributed by atoms with Gasteiger partial charge in [0.05, 0.1) is 12.1 Å². The summed E-state index contributed by atoms with van der Waals surface area (Å²) in [7, 11) is 0. The number of nitrogens with zero attached hydrogens (tertiary/aromatic N) is 2. The lowest BCUT2D eigenvalue weighted by atomic mass is 10.0. The van der Waals surface area contributed by atoms with E-state index in [1.807, 2.05) is 0 Å². The lowest BCUT2D eigenvalue weighted by Gasteiger charge is -2.32. The molecule has 1 amide bonds. The Morgan fingerprint density at radius 2 is 1.85 bits per heavy atom. The van der Waals surface area contributed by atoms with Crippen molar-refractivity contribution in [2.75, 3.05) is 0 Å². The second-order valence-electron chi connectivity index (χ2n) is 5.67. The number of carbonyl (C=O) groups excluding carboxylic acids is 1. The van der Waals surface area contributed by atoms with Crippen LogP contribution < -0.4 is 0 Å². The molecule has 1 atom stereocenters. The molecule has 1 heterocycles. The van der Waals surface area contributed by atoms with Gasteiger partial charge < -0.3 is 5.11 Å². The Morgan fingerprint density at radius 3 is 2.42 bits per heavy atom. The minimum atomic E-state index is -5.14. The number of benzene rings is 2. The van der Waals surface area contributed by atoms with E-state index < -0.39 is 30.0 Å². The fourth-order valence-electron chi connectivity index (χ4n) is 2.53. The van der Waals surface area contributed by atoms with Crippen LogP contribution in [0.15, 0.2) is 58.1 Å². The van der Waals surface area contributed by atoms with Gasteiger partial charge >= 0.3 is 6.18 Å². The predicted octanol–water partition coefficient (Wildman–Crippen LogP) is 4.09. The molecule has 3 rings (SSSR count). The van der Waals surface area contributed by atoms with Crippen LogP contribution in [0.3, 0.4) is 0 Å². The maximum Gasteiger partial charge on any atom is 0.438 e. The largest absolute Gasteiger partial charge is 0.438 e. The van der Waals surface area contributed by atoms with Gasteiger partial charge in [-0.25, -0.2) is 4.39 Å². The standard InChI is InChI=1S/C17H11BrF4N2O2/c18-12-3-1-2-11(8-12)15(25)24-16(26,17(20,21)22)9-14(23-24)10-4-6-13(19)7-5-10/h1-8,26H,9H2/t16-/m1/s1.